The number of rotatable bonds is 3. The van der Waals surface area contributed by atoms with Crippen LogP contribution in [0.15, 0.2) is 24.3 Å². The van der Waals surface area contributed by atoms with Crippen LogP contribution in [0, 0.1) is 23.2 Å². The Morgan fingerprint density at radius 3 is 2.62 bits per heavy atom. The SMILES string of the molecule is COc1ccc(N2CC3(CCN(C(=O)C4[C@H]5COC[C@@H]45)C3)CC2=O)cc1. The minimum Gasteiger partial charge on any atom is -0.497 e. The molecule has 1 aromatic rings. The molecule has 2 amide bonds. The highest BCUT2D eigenvalue weighted by atomic mass is 16.5. The highest BCUT2D eigenvalue weighted by molar-refractivity contribution is 5.96. The van der Waals surface area contributed by atoms with E-state index in [1.807, 2.05) is 34.1 Å². The second-order valence-corrected chi connectivity index (χ2v) is 8.26. The zero-order valence-electron chi connectivity index (χ0n) is 15.0. The molecule has 0 radical (unpaired) electrons. The first kappa shape index (κ1) is 16.1. The Kier molecular flexibility index (Phi) is 3.54. The molecule has 6 nitrogen and oxygen atoms in total. The molecule has 1 saturated carbocycles. The number of ether oxygens (including phenoxy) is 2. The van der Waals surface area contributed by atoms with Crippen LogP contribution in [0.3, 0.4) is 0 Å². The van der Waals surface area contributed by atoms with Gasteiger partial charge in [-0.25, -0.2) is 0 Å². The highest BCUT2D eigenvalue weighted by Crippen LogP contribution is 2.52. The van der Waals surface area contributed by atoms with E-state index in [2.05, 4.69) is 0 Å². The van der Waals surface area contributed by atoms with Gasteiger partial charge in [-0.05, 0) is 42.5 Å². The Morgan fingerprint density at radius 2 is 1.92 bits per heavy atom. The van der Waals surface area contributed by atoms with Gasteiger partial charge in [0, 0.05) is 43.1 Å². The maximum absolute atomic E-state index is 12.8. The van der Waals surface area contributed by atoms with Crippen molar-refractivity contribution in [2.24, 2.45) is 23.2 Å². The number of benzene rings is 1. The number of methoxy groups -OCH3 is 1. The first-order chi connectivity index (χ1) is 12.6. The van der Waals surface area contributed by atoms with Gasteiger partial charge in [-0.2, -0.15) is 0 Å². The van der Waals surface area contributed by atoms with E-state index in [-0.39, 0.29) is 23.1 Å². The molecule has 0 aromatic heterocycles. The molecule has 3 heterocycles. The standard InChI is InChI=1S/C20H24N2O4/c1-25-14-4-2-13(3-5-14)22-12-20(8-17(22)23)6-7-21(11-20)19(24)18-15-9-26-10-16(15)18/h2-5,15-16,18H,6-12H2,1H3/t15-,16+,18?,20?. The van der Waals surface area contributed by atoms with Crippen LogP contribution >= 0.6 is 0 Å². The lowest BCUT2D eigenvalue weighted by molar-refractivity contribution is -0.133. The van der Waals surface area contributed by atoms with Gasteiger partial charge in [0.05, 0.1) is 20.3 Å². The van der Waals surface area contributed by atoms with Crippen molar-refractivity contribution in [1.82, 2.24) is 4.90 Å². The molecule has 1 spiro atoms. The summed E-state index contributed by atoms with van der Waals surface area (Å²) in [5.74, 6) is 2.29. The molecule has 26 heavy (non-hydrogen) atoms. The van der Waals surface area contributed by atoms with Crippen molar-refractivity contribution < 1.29 is 19.1 Å². The van der Waals surface area contributed by atoms with Crippen molar-refractivity contribution in [3.63, 3.8) is 0 Å². The summed E-state index contributed by atoms with van der Waals surface area (Å²) in [6.45, 7) is 3.66. The van der Waals surface area contributed by atoms with Crippen LogP contribution in [0.2, 0.25) is 0 Å². The molecule has 6 heteroatoms. The van der Waals surface area contributed by atoms with Crippen molar-refractivity contribution in [3.05, 3.63) is 24.3 Å². The Labute approximate surface area is 153 Å². The molecule has 2 unspecified atom stereocenters. The summed E-state index contributed by atoms with van der Waals surface area (Å²) >= 11 is 0. The molecule has 0 bridgehead atoms. The summed E-state index contributed by atoms with van der Waals surface area (Å²) in [6, 6.07) is 7.62. The van der Waals surface area contributed by atoms with Gasteiger partial charge in [0.25, 0.3) is 0 Å². The molecule has 1 aliphatic carbocycles. The molecule has 0 N–H and O–H groups in total. The first-order valence-electron chi connectivity index (χ1n) is 9.41. The van der Waals surface area contributed by atoms with Crippen molar-refractivity contribution in [1.29, 1.82) is 0 Å². The van der Waals surface area contributed by atoms with Gasteiger partial charge in [-0.15, -0.1) is 0 Å². The van der Waals surface area contributed by atoms with Gasteiger partial charge < -0.3 is 19.3 Å². The molecule has 3 saturated heterocycles. The Hall–Kier alpha value is -2.08. The van der Waals surface area contributed by atoms with Gasteiger partial charge in [0.1, 0.15) is 5.75 Å². The van der Waals surface area contributed by atoms with Gasteiger partial charge in [-0.3, -0.25) is 9.59 Å². The number of carbonyl (C=O) groups is 2. The second-order valence-electron chi connectivity index (χ2n) is 8.26. The predicted octanol–water partition coefficient (Wildman–Crippen LogP) is 1.54. The lowest BCUT2D eigenvalue weighted by Crippen LogP contribution is -2.36. The van der Waals surface area contributed by atoms with E-state index >= 15 is 0 Å². The fourth-order valence-corrected chi connectivity index (χ4v) is 5.11. The summed E-state index contributed by atoms with van der Waals surface area (Å²) in [5, 5.41) is 0. The van der Waals surface area contributed by atoms with Crippen molar-refractivity contribution >= 4 is 17.5 Å². The van der Waals surface area contributed by atoms with Crippen LogP contribution in [0.25, 0.3) is 0 Å². The van der Waals surface area contributed by atoms with E-state index in [9.17, 15) is 9.59 Å². The minimum absolute atomic E-state index is 0.0901. The summed E-state index contributed by atoms with van der Waals surface area (Å²) in [5.41, 5.74) is 0.819. The fourth-order valence-electron chi connectivity index (χ4n) is 5.11. The molecular weight excluding hydrogens is 332 g/mol. The summed E-state index contributed by atoms with van der Waals surface area (Å²) in [7, 11) is 1.63. The Balaban J connectivity index is 1.27. The molecule has 4 atom stereocenters. The van der Waals surface area contributed by atoms with Crippen LogP contribution in [0.1, 0.15) is 12.8 Å². The average molecular weight is 356 g/mol. The van der Waals surface area contributed by atoms with E-state index in [4.69, 9.17) is 9.47 Å². The summed E-state index contributed by atoms with van der Waals surface area (Å²) in [4.78, 5) is 29.3. The number of amides is 2. The number of likely N-dealkylation sites (tertiary alicyclic amines) is 1. The van der Waals surface area contributed by atoms with E-state index < -0.39 is 0 Å². The van der Waals surface area contributed by atoms with Gasteiger partial charge in [-0.1, -0.05) is 0 Å². The van der Waals surface area contributed by atoms with Crippen LogP contribution in [0.5, 0.6) is 5.75 Å². The summed E-state index contributed by atoms with van der Waals surface area (Å²) < 4.78 is 10.6. The molecule has 138 valence electrons. The van der Waals surface area contributed by atoms with Gasteiger partial charge >= 0.3 is 0 Å². The van der Waals surface area contributed by atoms with E-state index in [0.717, 1.165) is 37.6 Å². The van der Waals surface area contributed by atoms with Crippen molar-refractivity contribution in [2.45, 2.75) is 12.8 Å². The molecule has 1 aromatic carbocycles. The molecule has 5 rings (SSSR count). The van der Waals surface area contributed by atoms with Crippen molar-refractivity contribution in [3.8, 4) is 5.75 Å². The van der Waals surface area contributed by atoms with E-state index in [0.29, 0.717) is 31.3 Å². The molecule has 3 aliphatic heterocycles. The number of hydrogen-bond acceptors (Lipinski definition) is 4. The largest absolute Gasteiger partial charge is 0.497 e. The highest BCUT2D eigenvalue weighted by Gasteiger charge is 2.60. The third-order valence-corrected chi connectivity index (χ3v) is 6.69. The quantitative estimate of drug-likeness (QED) is 0.824. The normalized spacial score (nSPS) is 35.3. The molecule has 4 aliphatic rings. The third kappa shape index (κ3) is 2.42. The Morgan fingerprint density at radius 1 is 1.19 bits per heavy atom. The van der Waals surface area contributed by atoms with Crippen LogP contribution in [-0.4, -0.2) is 56.7 Å². The molecular formula is C20H24N2O4. The predicted molar refractivity (Wildman–Crippen MR) is 94.9 cm³/mol. The number of nitrogens with zero attached hydrogens (tertiary/aromatic N) is 2. The van der Waals surface area contributed by atoms with E-state index in [1.54, 1.807) is 7.11 Å². The third-order valence-electron chi connectivity index (χ3n) is 6.69. The maximum Gasteiger partial charge on any atom is 0.227 e. The first-order valence-corrected chi connectivity index (χ1v) is 9.41. The molecule has 4 fully saturated rings. The van der Waals surface area contributed by atoms with Gasteiger partial charge in [0.2, 0.25) is 11.8 Å². The second kappa shape index (κ2) is 5.71. The number of fused-ring (bicyclic) bond motifs is 1. The topological polar surface area (TPSA) is 59.1 Å². The maximum atomic E-state index is 12.8. The monoisotopic (exact) mass is 356 g/mol. The minimum atomic E-state index is -0.0901. The van der Waals surface area contributed by atoms with Crippen LogP contribution < -0.4 is 9.64 Å². The van der Waals surface area contributed by atoms with Crippen LogP contribution in [-0.2, 0) is 14.3 Å². The zero-order valence-corrected chi connectivity index (χ0v) is 15.0. The smallest absolute Gasteiger partial charge is 0.227 e. The average Bonchev–Trinajstić information content (AvgIpc) is 3.05. The van der Waals surface area contributed by atoms with E-state index in [1.165, 1.54) is 0 Å². The Bertz CT molecular complexity index is 739. The number of anilines is 1. The zero-order chi connectivity index (χ0) is 17.9. The number of carbonyl (C=O) groups excluding carboxylic acids is 2. The lowest BCUT2D eigenvalue weighted by Gasteiger charge is -2.24. The number of hydrogen-bond donors (Lipinski definition) is 0. The fraction of sp³-hybridized carbons (Fsp3) is 0.600. The lowest BCUT2D eigenvalue weighted by atomic mass is 9.86. The van der Waals surface area contributed by atoms with Gasteiger partial charge in [0.15, 0.2) is 0 Å². The van der Waals surface area contributed by atoms with Crippen molar-refractivity contribution in [2.75, 3.05) is 44.9 Å². The summed E-state index contributed by atoms with van der Waals surface area (Å²) in [6.07, 6.45) is 1.44. The van der Waals surface area contributed by atoms with Crippen LogP contribution in [0.4, 0.5) is 5.69 Å².